The van der Waals surface area contributed by atoms with Crippen LogP contribution < -0.4 is 0 Å². The van der Waals surface area contributed by atoms with Crippen molar-refractivity contribution in [2.45, 2.75) is 40.0 Å². The van der Waals surface area contributed by atoms with E-state index in [0.717, 1.165) is 47.6 Å². The Kier molecular flexibility index (Phi) is 9.83. The van der Waals surface area contributed by atoms with Crippen LogP contribution in [0.2, 0.25) is 0 Å². The minimum Gasteiger partial charge on any atom is -0.228 e. The Morgan fingerprint density at radius 2 is 1.13 bits per heavy atom. The third kappa shape index (κ3) is 6.37. The maximum absolute atomic E-state index is 5.20. The van der Waals surface area contributed by atoms with Crippen LogP contribution in [-0.2, 0) is 6.42 Å². The monoisotopic (exact) mass is 770 g/mol. The fourth-order valence-electron chi connectivity index (χ4n) is 9.35. The summed E-state index contributed by atoms with van der Waals surface area (Å²) in [6, 6.07) is 51.3. The second-order valence-corrected chi connectivity index (χ2v) is 15.4. The van der Waals surface area contributed by atoms with Crippen LogP contribution in [0.1, 0.15) is 50.7 Å². The molecule has 8 aromatic rings. The van der Waals surface area contributed by atoms with Crippen LogP contribution in [0.3, 0.4) is 0 Å². The van der Waals surface area contributed by atoms with Crippen LogP contribution in [-0.4, -0.2) is 9.97 Å². The molecule has 2 heteroatoms. The van der Waals surface area contributed by atoms with Gasteiger partial charge in [-0.05, 0) is 121 Å². The molecule has 0 radical (unpaired) electrons. The minimum absolute atomic E-state index is 0.751. The minimum atomic E-state index is 0.751. The molecule has 1 heterocycles. The quantitative estimate of drug-likeness (QED) is 0.144. The van der Waals surface area contributed by atoms with E-state index in [1.807, 2.05) is 13.8 Å². The van der Waals surface area contributed by atoms with Gasteiger partial charge in [-0.15, -0.1) is 0 Å². The van der Waals surface area contributed by atoms with E-state index in [2.05, 4.69) is 195 Å². The number of fused-ring (bicyclic) bond motifs is 6. The first-order valence-electron chi connectivity index (χ1n) is 21.4. The molecule has 2 nitrogen and oxygen atoms in total. The van der Waals surface area contributed by atoms with Crippen LogP contribution in [0.4, 0.5) is 0 Å². The lowest BCUT2D eigenvalue weighted by atomic mass is 9.93. The van der Waals surface area contributed by atoms with Gasteiger partial charge in [0.15, 0.2) is 5.82 Å². The van der Waals surface area contributed by atoms with Gasteiger partial charge < -0.3 is 0 Å². The average molecular weight is 771 g/mol. The molecule has 0 bridgehead atoms. The Morgan fingerprint density at radius 3 is 1.82 bits per heavy atom. The summed E-state index contributed by atoms with van der Waals surface area (Å²) in [4.78, 5) is 10.4. The molecule has 0 N–H and O–H groups in total. The Bertz CT molecular complexity index is 3070. The molecule has 0 aliphatic heterocycles. The van der Waals surface area contributed by atoms with Crippen molar-refractivity contribution >= 4 is 32.7 Å². The highest BCUT2D eigenvalue weighted by molar-refractivity contribution is 6.19. The molecule has 3 aliphatic carbocycles. The van der Waals surface area contributed by atoms with E-state index in [0.29, 0.717) is 0 Å². The molecule has 0 amide bonds. The number of rotatable bonds is 8. The first kappa shape index (κ1) is 37.1. The summed E-state index contributed by atoms with van der Waals surface area (Å²) in [5.74, 6) is 0.751. The van der Waals surface area contributed by atoms with E-state index in [9.17, 15) is 0 Å². The topological polar surface area (TPSA) is 25.8 Å². The smallest absolute Gasteiger partial charge is 0.160 e. The number of hydrogen-bond donors (Lipinski definition) is 0. The molecule has 1 aromatic heterocycles. The van der Waals surface area contributed by atoms with Crippen molar-refractivity contribution in [1.29, 1.82) is 0 Å². The summed E-state index contributed by atoms with van der Waals surface area (Å²) in [5.41, 5.74) is 19.6. The summed E-state index contributed by atoms with van der Waals surface area (Å²) >= 11 is 0. The molecule has 7 aromatic carbocycles. The van der Waals surface area contributed by atoms with Crippen molar-refractivity contribution in [3.05, 3.63) is 205 Å². The van der Waals surface area contributed by atoms with Crippen LogP contribution in [0, 0.1) is 0 Å². The lowest BCUT2D eigenvalue weighted by Crippen LogP contribution is -2.01. The molecule has 0 fully saturated rings. The number of benzene rings is 7. The maximum atomic E-state index is 5.20. The highest BCUT2D eigenvalue weighted by atomic mass is 14.9. The summed E-state index contributed by atoms with van der Waals surface area (Å²) in [6.45, 7) is 6.12. The summed E-state index contributed by atoms with van der Waals surface area (Å²) in [7, 11) is 0. The Hall–Kier alpha value is -7.16. The van der Waals surface area contributed by atoms with Gasteiger partial charge in [0.1, 0.15) is 0 Å². The highest BCUT2D eigenvalue weighted by Crippen LogP contribution is 2.50. The second-order valence-electron chi connectivity index (χ2n) is 15.4. The van der Waals surface area contributed by atoms with Gasteiger partial charge in [0.25, 0.3) is 0 Å². The highest BCUT2D eigenvalue weighted by Gasteiger charge is 2.23. The van der Waals surface area contributed by atoms with Crippen molar-refractivity contribution in [2.24, 2.45) is 0 Å². The third-order valence-corrected chi connectivity index (χ3v) is 12.2. The van der Waals surface area contributed by atoms with Gasteiger partial charge in [-0.2, -0.15) is 0 Å². The third-order valence-electron chi connectivity index (χ3n) is 12.2. The van der Waals surface area contributed by atoms with Gasteiger partial charge in [0, 0.05) is 11.1 Å². The molecule has 0 saturated carbocycles. The molecular weight excluding hydrogens is 725 g/mol. The zero-order valence-electron chi connectivity index (χ0n) is 34.4. The SMILES string of the molecule is C/C=C(\C/C=C\Cc1ccc2c3c(cccc13)-c1ccccc1-2)c1cc(-c2ccc(-c3ccc4c5c(cccc35)-c3ccccc3-4)cc2)nc(C2=CCC=CC=C2)n1.CC. The maximum Gasteiger partial charge on any atom is 0.160 e. The zero-order valence-corrected chi connectivity index (χ0v) is 34.4. The van der Waals surface area contributed by atoms with Gasteiger partial charge in [0.05, 0.1) is 11.4 Å². The Balaban J connectivity index is 0.00000213. The van der Waals surface area contributed by atoms with Crippen molar-refractivity contribution in [3.63, 3.8) is 0 Å². The van der Waals surface area contributed by atoms with Crippen molar-refractivity contribution < 1.29 is 0 Å². The van der Waals surface area contributed by atoms with E-state index in [-0.39, 0.29) is 0 Å². The number of allylic oxidation sites excluding steroid dienone is 10. The molecule has 288 valence electrons. The first-order valence-corrected chi connectivity index (χ1v) is 21.4. The molecule has 11 rings (SSSR count). The van der Waals surface area contributed by atoms with Gasteiger partial charge in [-0.25, -0.2) is 9.97 Å². The largest absolute Gasteiger partial charge is 0.228 e. The number of hydrogen-bond acceptors (Lipinski definition) is 2. The van der Waals surface area contributed by atoms with Crippen molar-refractivity contribution in [3.8, 4) is 66.9 Å². The standard InChI is InChI=1S/C56H40N2.C2H6/c1-2-36(15-7-8-16-37-31-32-50-45-21-11-9-19-43(45)48-25-13-23-42(37)54(48)50)52-35-53(58-56(57-52)40-17-5-3-4-6-18-40)39-29-27-38(28-30-39)41-33-34-51-46-22-12-10-20-44(46)49-26-14-24-47(41)55(49)51;1-2/h2-5,7-14,17-35H,6,15-16H2,1H3;1-2H3/b8-7-,36-2+;. The van der Waals surface area contributed by atoms with Gasteiger partial charge >= 0.3 is 0 Å². The van der Waals surface area contributed by atoms with Gasteiger partial charge in [0.2, 0.25) is 0 Å². The van der Waals surface area contributed by atoms with E-state index in [1.165, 1.54) is 88.3 Å². The number of nitrogens with zero attached hydrogens (tertiary/aromatic N) is 2. The molecule has 0 spiro atoms. The predicted molar refractivity (Wildman–Crippen MR) is 257 cm³/mol. The fraction of sp³-hybridized carbons (Fsp3) is 0.103. The normalized spacial score (nSPS) is 13.3. The lowest BCUT2D eigenvalue weighted by Gasteiger charge is -2.13. The number of aromatic nitrogens is 2. The van der Waals surface area contributed by atoms with E-state index < -0.39 is 0 Å². The van der Waals surface area contributed by atoms with Crippen molar-refractivity contribution in [2.75, 3.05) is 0 Å². The lowest BCUT2D eigenvalue weighted by molar-refractivity contribution is 1.09. The van der Waals surface area contributed by atoms with Crippen LogP contribution >= 0.6 is 0 Å². The molecular formula is C58H46N2. The van der Waals surface area contributed by atoms with Crippen LogP contribution in [0.5, 0.6) is 0 Å². The Labute approximate surface area is 353 Å². The predicted octanol–water partition coefficient (Wildman–Crippen LogP) is 15.9. The molecule has 0 atom stereocenters. The van der Waals surface area contributed by atoms with Crippen LogP contribution in [0.15, 0.2) is 188 Å². The molecule has 0 unspecified atom stereocenters. The fourth-order valence-corrected chi connectivity index (χ4v) is 9.35. The van der Waals surface area contributed by atoms with Crippen molar-refractivity contribution in [1.82, 2.24) is 9.97 Å². The Morgan fingerprint density at radius 1 is 0.550 bits per heavy atom. The van der Waals surface area contributed by atoms with E-state index in [4.69, 9.17) is 9.97 Å². The van der Waals surface area contributed by atoms with Gasteiger partial charge in [-0.1, -0.05) is 196 Å². The summed E-state index contributed by atoms with van der Waals surface area (Å²) in [6.07, 6.45) is 20.0. The first-order chi connectivity index (χ1) is 29.7. The van der Waals surface area contributed by atoms with Gasteiger partial charge in [-0.3, -0.25) is 0 Å². The summed E-state index contributed by atoms with van der Waals surface area (Å²) < 4.78 is 0. The average Bonchev–Trinajstić information content (AvgIpc) is 3.66. The molecule has 0 saturated heterocycles. The summed E-state index contributed by atoms with van der Waals surface area (Å²) in [5, 5.41) is 5.36. The molecule has 3 aliphatic rings. The van der Waals surface area contributed by atoms with E-state index >= 15 is 0 Å². The zero-order chi connectivity index (χ0) is 40.6. The second kappa shape index (κ2) is 15.9. The van der Waals surface area contributed by atoms with E-state index in [1.54, 1.807) is 0 Å². The molecule has 60 heavy (non-hydrogen) atoms. The van der Waals surface area contributed by atoms with Crippen LogP contribution in [0.25, 0.3) is 99.6 Å².